The second-order valence-corrected chi connectivity index (χ2v) is 4.92. The van der Waals surface area contributed by atoms with Crippen molar-refractivity contribution >= 4 is 5.91 Å². The fourth-order valence-electron chi connectivity index (χ4n) is 2.22. The Morgan fingerprint density at radius 2 is 2.19 bits per heavy atom. The van der Waals surface area contributed by atoms with Crippen LogP contribution in [0, 0.1) is 5.92 Å². The van der Waals surface area contributed by atoms with Gasteiger partial charge >= 0.3 is 0 Å². The molecule has 2 aliphatic heterocycles. The summed E-state index contributed by atoms with van der Waals surface area (Å²) in [5, 5.41) is 12.8. The van der Waals surface area contributed by atoms with Crippen molar-refractivity contribution in [2.24, 2.45) is 5.92 Å². The molecule has 0 aliphatic carbocycles. The van der Waals surface area contributed by atoms with Crippen LogP contribution in [0.2, 0.25) is 0 Å². The smallest absolute Gasteiger partial charge is 0.249 e. The van der Waals surface area contributed by atoms with Gasteiger partial charge in [-0.3, -0.25) is 4.79 Å². The molecule has 4 heteroatoms. The van der Waals surface area contributed by atoms with Crippen LogP contribution in [-0.4, -0.2) is 48.2 Å². The number of piperidine rings is 1. The molecule has 0 bridgehead atoms. The van der Waals surface area contributed by atoms with E-state index >= 15 is 0 Å². The molecule has 0 aromatic carbocycles. The standard InChI is InChI=1S/C12H20N2O2/c1-8-7-14(4-3-11(8)15)12(16)9(2)10-5-13-6-10/h8,11,13,15H,3-7H2,1-2H3. The fraction of sp³-hybridized carbons (Fsp3) is 0.750. The van der Waals surface area contributed by atoms with E-state index < -0.39 is 0 Å². The highest BCUT2D eigenvalue weighted by Crippen LogP contribution is 2.20. The number of aliphatic hydroxyl groups is 1. The highest BCUT2D eigenvalue weighted by Gasteiger charge is 2.28. The van der Waals surface area contributed by atoms with Crippen LogP contribution in [0.15, 0.2) is 11.1 Å². The first kappa shape index (κ1) is 11.6. The first-order chi connectivity index (χ1) is 7.59. The predicted molar refractivity (Wildman–Crippen MR) is 61.9 cm³/mol. The van der Waals surface area contributed by atoms with Crippen molar-refractivity contribution in [3.63, 3.8) is 0 Å². The molecule has 1 amide bonds. The molecular weight excluding hydrogens is 204 g/mol. The number of carbonyl (C=O) groups is 1. The van der Waals surface area contributed by atoms with E-state index in [1.165, 1.54) is 5.57 Å². The molecule has 16 heavy (non-hydrogen) atoms. The lowest BCUT2D eigenvalue weighted by Gasteiger charge is -2.35. The summed E-state index contributed by atoms with van der Waals surface area (Å²) in [6, 6.07) is 0. The largest absolute Gasteiger partial charge is 0.393 e. The Kier molecular flexibility index (Phi) is 3.30. The zero-order valence-corrected chi connectivity index (χ0v) is 9.99. The Balaban J connectivity index is 2.00. The minimum atomic E-state index is -0.248. The van der Waals surface area contributed by atoms with E-state index in [1.807, 2.05) is 18.7 Å². The zero-order chi connectivity index (χ0) is 11.7. The SMILES string of the molecule is CC(C(=O)N1CCC(O)C(C)C1)=C1CNC1. The van der Waals surface area contributed by atoms with Crippen molar-refractivity contribution in [2.75, 3.05) is 26.2 Å². The Morgan fingerprint density at radius 3 is 2.69 bits per heavy atom. The number of amides is 1. The van der Waals surface area contributed by atoms with E-state index in [2.05, 4.69) is 5.32 Å². The topological polar surface area (TPSA) is 52.6 Å². The molecule has 4 nitrogen and oxygen atoms in total. The van der Waals surface area contributed by atoms with Crippen LogP contribution in [0.5, 0.6) is 0 Å². The summed E-state index contributed by atoms with van der Waals surface area (Å²) in [4.78, 5) is 14.0. The first-order valence-corrected chi connectivity index (χ1v) is 5.96. The number of aliphatic hydroxyl groups excluding tert-OH is 1. The highest BCUT2D eigenvalue weighted by molar-refractivity contribution is 5.94. The van der Waals surface area contributed by atoms with Crippen LogP contribution in [0.25, 0.3) is 0 Å². The third-order valence-corrected chi connectivity index (χ3v) is 3.68. The summed E-state index contributed by atoms with van der Waals surface area (Å²) in [7, 11) is 0. The molecule has 2 heterocycles. The van der Waals surface area contributed by atoms with Crippen LogP contribution in [0.3, 0.4) is 0 Å². The molecule has 0 radical (unpaired) electrons. The van der Waals surface area contributed by atoms with Gasteiger partial charge in [0.2, 0.25) is 5.91 Å². The average Bonchev–Trinajstić information content (AvgIpc) is 2.18. The van der Waals surface area contributed by atoms with E-state index in [-0.39, 0.29) is 17.9 Å². The maximum absolute atomic E-state index is 12.1. The molecule has 2 aliphatic rings. The molecule has 0 aromatic heterocycles. The maximum atomic E-state index is 12.1. The molecule has 2 N–H and O–H groups in total. The third-order valence-electron chi connectivity index (χ3n) is 3.68. The van der Waals surface area contributed by atoms with Gasteiger partial charge in [-0.05, 0) is 24.8 Å². The molecule has 2 atom stereocenters. The molecule has 0 saturated carbocycles. The van der Waals surface area contributed by atoms with Gasteiger partial charge in [-0.15, -0.1) is 0 Å². The normalized spacial score (nSPS) is 29.9. The number of hydrogen-bond acceptors (Lipinski definition) is 3. The van der Waals surface area contributed by atoms with Crippen molar-refractivity contribution in [3.8, 4) is 0 Å². The number of rotatable bonds is 1. The predicted octanol–water partition coefficient (Wildman–Crippen LogP) is 0.135. The van der Waals surface area contributed by atoms with Crippen molar-refractivity contribution in [2.45, 2.75) is 26.4 Å². The van der Waals surface area contributed by atoms with Crippen molar-refractivity contribution < 1.29 is 9.90 Å². The van der Waals surface area contributed by atoms with E-state index in [9.17, 15) is 9.90 Å². The second-order valence-electron chi connectivity index (χ2n) is 4.92. The number of carbonyl (C=O) groups excluding carboxylic acids is 1. The van der Waals surface area contributed by atoms with Gasteiger partial charge in [-0.2, -0.15) is 0 Å². The van der Waals surface area contributed by atoms with Gasteiger partial charge in [-0.25, -0.2) is 0 Å². The summed E-state index contributed by atoms with van der Waals surface area (Å²) in [5.41, 5.74) is 2.12. The summed E-state index contributed by atoms with van der Waals surface area (Å²) in [5.74, 6) is 0.338. The molecular formula is C12H20N2O2. The number of likely N-dealkylation sites (tertiary alicyclic amines) is 1. The Labute approximate surface area is 96.3 Å². The third kappa shape index (κ3) is 2.13. The minimum Gasteiger partial charge on any atom is -0.393 e. The quantitative estimate of drug-likeness (QED) is 0.623. The second kappa shape index (κ2) is 4.55. The Bertz CT molecular complexity index is 319. The van der Waals surface area contributed by atoms with Crippen LogP contribution in [0.1, 0.15) is 20.3 Å². The molecule has 90 valence electrons. The Hall–Kier alpha value is -0.870. The van der Waals surface area contributed by atoms with E-state index in [1.54, 1.807) is 0 Å². The summed E-state index contributed by atoms with van der Waals surface area (Å²) < 4.78 is 0. The number of nitrogens with one attached hydrogen (secondary N) is 1. The zero-order valence-electron chi connectivity index (χ0n) is 9.99. The molecule has 2 saturated heterocycles. The van der Waals surface area contributed by atoms with Gasteiger partial charge in [-0.1, -0.05) is 6.92 Å². The van der Waals surface area contributed by atoms with E-state index in [0.29, 0.717) is 19.5 Å². The van der Waals surface area contributed by atoms with Gasteiger partial charge in [0.05, 0.1) is 6.10 Å². The molecule has 2 fully saturated rings. The lowest BCUT2D eigenvalue weighted by Crippen LogP contribution is -2.46. The van der Waals surface area contributed by atoms with E-state index in [4.69, 9.17) is 0 Å². The van der Waals surface area contributed by atoms with Crippen molar-refractivity contribution in [1.29, 1.82) is 0 Å². The Morgan fingerprint density at radius 1 is 1.50 bits per heavy atom. The summed E-state index contributed by atoms with van der Waals surface area (Å²) in [6.07, 6.45) is 0.454. The van der Waals surface area contributed by atoms with Crippen LogP contribution < -0.4 is 5.32 Å². The maximum Gasteiger partial charge on any atom is 0.249 e. The minimum absolute atomic E-state index is 0.148. The summed E-state index contributed by atoms with van der Waals surface area (Å²) in [6.45, 7) is 6.97. The molecule has 2 rings (SSSR count). The van der Waals surface area contributed by atoms with Gasteiger partial charge in [0, 0.05) is 31.8 Å². The van der Waals surface area contributed by atoms with Gasteiger partial charge in [0.15, 0.2) is 0 Å². The highest BCUT2D eigenvalue weighted by atomic mass is 16.3. The van der Waals surface area contributed by atoms with E-state index in [0.717, 1.165) is 18.7 Å². The van der Waals surface area contributed by atoms with Crippen molar-refractivity contribution in [3.05, 3.63) is 11.1 Å². The average molecular weight is 224 g/mol. The first-order valence-electron chi connectivity index (χ1n) is 5.96. The van der Waals surface area contributed by atoms with Crippen LogP contribution >= 0.6 is 0 Å². The monoisotopic (exact) mass is 224 g/mol. The summed E-state index contributed by atoms with van der Waals surface area (Å²) >= 11 is 0. The number of hydrogen-bond donors (Lipinski definition) is 2. The molecule has 2 unspecified atom stereocenters. The number of nitrogens with zero attached hydrogens (tertiary/aromatic N) is 1. The molecule has 0 aromatic rings. The van der Waals surface area contributed by atoms with Gasteiger partial charge in [0.25, 0.3) is 0 Å². The fourth-order valence-corrected chi connectivity index (χ4v) is 2.22. The van der Waals surface area contributed by atoms with Gasteiger partial charge < -0.3 is 15.3 Å². The lowest BCUT2D eigenvalue weighted by atomic mass is 9.95. The van der Waals surface area contributed by atoms with Crippen LogP contribution in [-0.2, 0) is 4.79 Å². The van der Waals surface area contributed by atoms with Gasteiger partial charge in [0.1, 0.15) is 0 Å². The molecule has 0 spiro atoms. The van der Waals surface area contributed by atoms with Crippen LogP contribution in [0.4, 0.5) is 0 Å². The lowest BCUT2D eigenvalue weighted by molar-refractivity contribution is -0.130. The van der Waals surface area contributed by atoms with Crippen molar-refractivity contribution in [1.82, 2.24) is 10.2 Å².